The Morgan fingerprint density at radius 1 is 1.44 bits per heavy atom. The van der Waals surface area contributed by atoms with E-state index in [-0.39, 0.29) is 5.91 Å². The summed E-state index contributed by atoms with van der Waals surface area (Å²) < 4.78 is 0. The Morgan fingerprint density at radius 2 is 2.06 bits per heavy atom. The minimum absolute atomic E-state index is 0.242. The molecular formula is C11H14Cl2N2O. The molecule has 16 heavy (non-hydrogen) atoms. The highest BCUT2D eigenvalue weighted by Gasteiger charge is 2.25. The number of rotatable bonds is 3. The molecule has 3 nitrogen and oxygen atoms in total. The molecule has 0 heterocycles. The molecule has 0 aliphatic heterocycles. The quantitative estimate of drug-likeness (QED) is 0.878. The lowest BCUT2D eigenvalue weighted by atomic mass is 9.99. The number of benzene rings is 1. The summed E-state index contributed by atoms with van der Waals surface area (Å²) in [5.74, 6) is -0.242. The van der Waals surface area contributed by atoms with Crippen molar-refractivity contribution in [1.82, 2.24) is 0 Å². The highest BCUT2D eigenvalue weighted by Crippen LogP contribution is 2.25. The second kappa shape index (κ2) is 5.04. The van der Waals surface area contributed by atoms with Crippen molar-refractivity contribution >= 4 is 34.8 Å². The topological polar surface area (TPSA) is 55.1 Å². The van der Waals surface area contributed by atoms with E-state index in [1.54, 1.807) is 25.1 Å². The van der Waals surface area contributed by atoms with E-state index in [0.29, 0.717) is 22.2 Å². The minimum atomic E-state index is -0.883. The van der Waals surface area contributed by atoms with Crippen LogP contribution in [-0.2, 0) is 4.79 Å². The summed E-state index contributed by atoms with van der Waals surface area (Å²) in [5.41, 5.74) is 5.51. The molecule has 0 aliphatic rings. The van der Waals surface area contributed by atoms with Crippen LogP contribution >= 0.6 is 23.2 Å². The predicted octanol–water partition coefficient (Wildman–Crippen LogP) is 3.06. The summed E-state index contributed by atoms with van der Waals surface area (Å²) in [6.45, 7) is 3.54. The van der Waals surface area contributed by atoms with Gasteiger partial charge in [-0.3, -0.25) is 4.79 Å². The van der Waals surface area contributed by atoms with Crippen LogP contribution in [0.3, 0.4) is 0 Å². The Bertz CT molecular complexity index is 405. The minimum Gasteiger partial charge on any atom is -0.324 e. The van der Waals surface area contributed by atoms with Crippen LogP contribution in [0.2, 0.25) is 10.0 Å². The monoisotopic (exact) mass is 260 g/mol. The number of anilines is 1. The van der Waals surface area contributed by atoms with Crippen molar-refractivity contribution in [3.8, 4) is 0 Å². The number of hydrogen-bond acceptors (Lipinski definition) is 2. The van der Waals surface area contributed by atoms with Gasteiger partial charge in [0, 0.05) is 5.69 Å². The van der Waals surface area contributed by atoms with E-state index in [0.717, 1.165) is 0 Å². The molecule has 0 saturated carbocycles. The Hall–Kier alpha value is -0.770. The van der Waals surface area contributed by atoms with Gasteiger partial charge < -0.3 is 11.1 Å². The number of nitrogens with two attached hydrogens (primary N) is 1. The molecule has 1 amide bonds. The molecule has 1 aromatic rings. The molecule has 0 spiro atoms. The van der Waals surface area contributed by atoms with E-state index in [1.165, 1.54) is 0 Å². The first-order valence-corrected chi connectivity index (χ1v) is 5.68. The van der Waals surface area contributed by atoms with E-state index < -0.39 is 5.54 Å². The van der Waals surface area contributed by atoms with E-state index in [2.05, 4.69) is 5.32 Å². The van der Waals surface area contributed by atoms with Crippen LogP contribution in [0.15, 0.2) is 18.2 Å². The molecule has 0 radical (unpaired) electrons. The van der Waals surface area contributed by atoms with Gasteiger partial charge >= 0.3 is 0 Å². The third kappa shape index (κ3) is 3.11. The molecule has 3 N–H and O–H groups in total. The van der Waals surface area contributed by atoms with E-state index in [9.17, 15) is 4.79 Å². The van der Waals surface area contributed by atoms with Crippen molar-refractivity contribution < 1.29 is 4.79 Å². The molecule has 0 bridgehead atoms. The summed E-state index contributed by atoms with van der Waals surface area (Å²) >= 11 is 11.6. The number of amides is 1. The van der Waals surface area contributed by atoms with Crippen LogP contribution in [-0.4, -0.2) is 11.4 Å². The molecule has 5 heteroatoms. The predicted molar refractivity (Wildman–Crippen MR) is 68.0 cm³/mol. The second-order valence-electron chi connectivity index (χ2n) is 3.85. The smallest absolute Gasteiger partial charge is 0.244 e. The lowest BCUT2D eigenvalue weighted by Crippen LogP contribution is -2.47. The van der Waals surface area contributed by atoms with Gasteiger partial charge in [0.05, 0.1) is 15.6 Å². The highest BCUT2D eigenvalue weighted by atomic mass is 35.5. The van der Waals surface area contributed by atoms with Crippen molar-refractivity contribution in [3.05, 3.63) is 28.2 Å². The maximum atomic E-state index is 11.7. The van der Waals surface area contributed by atoms with Crippen molar-refractivity contribution in [1.29, 1.82) is 0 Å². The van der Waals surface area contributed by atoms with Crippen LogP contribution in [0.25, 0.3) is 0 Å². The van der Waals surface area contributed by atoms with E-state index in [4.69, 9.17) is 28.9 Å². The number of nitrogens with one attached hydrogen (secondary N) is 1. The Kier molecular flexibility index (Phi) is 4.19. The lowest BCUT2D eigenvalue weighted by molar-refractivity contribution is -0.120. The maximum absolute atomic E-state index is 11.7. The van der Waals surface area contributed by atoms with Gasteiger partial charge in [0.25, 0.3) is 0 Å². The van der Waals surface area contributed by atoms with Gasteiger partial charge in [-0.15, -0.1) is 0 Å². The van der Waals surface area contributed by atoms with E-state index >= 15 is 0 Å². The third-order valence-electron chi connectivity index (χ3n) is 2.43. The van der Waals surface area contributed by atoms with Crippen LogP contribution in [0.4, 0.5) is 5.69 Å². The average molecular weight is 261 g/mol. The van der Waals surface area contributed by atoms with Crippen LogP contribution in [0, 0.1) is 0 Å². The summed E-state index contributed by atoms with van der Waals surface area (Å²) in [7, 11) is 0. The van der Waals surface area contributed by atoms with E-state index in [1.807, 2.05) is 6.92 Å². The zero-order valence-corrected chi connectivity index (χ0v) is 10.7. The molecule has 1 atom stereocenters. The number of carbonyl (C=O) groups is 1. The van der Waals surface area contributed by atoms with Crippen molar-refractivity contribution in [2.75, 3.05) is 5.32 Å². The zero-order valence-electron chi connectivity index (χ0n) is 9.18. The summed E-state index contributed by atoms with van der Waals surface area (Å²) in [6, 6.07) is 4.89. The molecule has 0 aliphatic carbocycles. The van der Waals surface area contributed by atoms with Crippen molar-refractivity contribution in [2.24, 2.45) is 5.73 Å². The van der Waals surface area contributed by atoms with Gasteiger partial charge in [-0.2, -0.15) is 0 Å². The summed E-state index contributed by atoms with van der Waals surface area (Å²) in [5, 5.41) is 3.54. The molecule has 1 rings (SSSR count). The van der Waals surface area contributed by atoms with Crippen molar-refractivity contribution in [3.63, 3.8) is 0 Å². The number of carbonyl (C=O) groups excluding carboxylic acids is 1. The zero-order chi connectivity index (χ0) is 12.3. The summed E-state index contributed by atoms with van der Waals surface area (Å²) in [4.78, 5) is 11.7. The number of hydrogen-bond donors (Lipinski definition) is 2. The Morgan fingerprint density at radius 3 is 2.56 bits per heavy atom. The van der Waals surface area contributed by atoms with Crippen LogP contribution in [0.5, 0.6) is 0 Å². The Balaban J connectivity index is 2.82. The first kappa shape index (κ1) is 13.3. The fourth-order valence-electron chi connectivity index (χ4n) is 1.01. The summed E-state index contributed by atoms with van der Waals surface area (Å²) in [6.07, 6.45) is 0.556. The maximum Gasteiger partial charge on any atom is 0.244 e. The van der Waals surface area contributed by atoms with Crippen LogP contribution in [0.1, 0.15) is 20.3 Å². The van der Waals surface area contributed by atoms with Gasteiger partial charge in [-0.1, -0.05) is 30.1 Å². The Labute approximate surface area is 105 Å². The largest absolute Gasteiger partial charge is 0.324 e. The van der Waals surface area contributed by atoms with Gasteiger partial charge in [0.2, 0.25) is 5.91 Å². The molecule has 88 valence electrons. The van der Waals surface area contributed by atoms with Gasteiger partial charge in [-0.05, 0) is 31.5 Å². The molecule has 0 aromatic heterocycles. The van der Waals surface area contributed by atoms with Crippen molar-refractivity contribution in [2.45, 2.75) is 25.8 Å². The normalized spacial score (nSPS) is 14.3. The van der Waals surface area contributed by atoms with Gasteiger partial charge in [0.1, 0.15) is 0 Å². The number of halogens is 2. The van der Waals surface area contributed by atoms with Crippen LogP contribution < -0.4 is 11.1 Å². The molecule has 0 saturated heterocycles. The average Bonchev–Trinajstić information content (AvgIpc) is 2.23. The third-order valence-corrected chi connectivity index (χ3v) is 3.17. The van der Waals surface area contributed by atoms with Gasteiger partial charge in [0.15, 0.2) is 0 Å². The fourth-order valence-corrected chi connectivity index (χ4v) is 1.31. The second-order valence-corrected chi connectivity index (χ2v) is 4.67. The van der Waals surface area contributed by atoms with Gasteiger partial charge in [-0.25, -0.2) is 0 Å². The fraction of sp³-hybridized carbons (Fsp3) is 0.364. The standard InChI is InChI=1S/C11H14Cl2N2O/c1-3-11(2,14)10(16)15-7-4-5-8(12)9(13)6-7/h4-6H,3,14H2,1-2H3,(H,15,16). The highest BCUT2D eigenvalue weighted by molar-refractivity contribution is 6.42. The first-order chi connectivity index (χ1) is 7.36. The first-order valence-electron chi connectivity index (χ1n) is 4.92. The molecule has 1 aromatic carbocycles. The SMILES string of the molecule is CCC(C)(N)C(=O)Nc1ccc(Cl)c(Cl)c1. The molecular weight excluding hydrogens is 247 g/mol. The molecule has 0 fully saturated rings. The molecule has 1 unspecified atom stereocenters. The lowest BCUT2D eigenvalue weighted by Gasteiger charge is -2.21.